The summed E-state index contributed by atoms with van der Waals surface area (Å²) in [6, 6.07) is 5.39. The van der Waals surface area contributed by atoms with Gasteiger partial charge in [0.25, 0.3) is 11.6 Å². The van der Waals surface area contributed by atoms with E-state index in [2.05, 4.69) is 25.4 Å². The molecule has 1 aliphatic heterocycles. The van der Waals surface area contributed by atoms with Crippen LogP contribution in [0.5, 0.6) is 0 Å². The third kappa shape index (κ3) is 4.19. The Labute approximate surface area is 170 Å². The fourth-order valence-electron chi connectivity index (χ4n) is 3.52. The van der Waals surface area contributed by atoms with Crippen molar-refractivity contribution < 1.29 is 18.0 Å². The van der Waals surface area contributed by atoms with Gasteiger partial charge >= 0.3 is 6.18 Å². The number of anilines is 1. The van der Waals surface area contributed by atoms with E-state index in [4.69, 9.17) is 0 Å². The molecule has 0 aromatic carbocycles. The molecule has 1 N–H and O–H groups in total. The summed E-state index contributed by atoms with van der Waals surface area (Å²) >= 11 is 0. The minimum Gasteiger partial charge on any atom is -0.356 e. The van der Waals surface area contributed by atoms with Crippen molar-refractivity contribution in [1.29, 1.82) is 0 Å². The first kappa shape index (κ1) is 20.0. The standard InChI is InChI=1S/C19H20F3N7O/c1-12-9-15(29-18(25-12)26-17(27-29)19(20,21)22)28-7-4-14(5-8-28)16(30)24-11-13-3-2-6-23-10-13/h2-3,6,9-10,14H,4-5,7-8,11H2,1H3,(H,24,30). The number of nitrogens with one attached hydrogen (secondary N) is 1. The number of aromatic nitrogens is 5. The quantitative estimate of drug-likeness (QED) is 0.699. The highest BCUT2D eigenvalue weighted by molar-refractivity contribution is 5.79. The zero-order valence-electron chi connectivity index (χ0n) is 16.2. The first-order valence-electron chi connectivity index (χ1n) is 9.54. The van der Waals surface area contributed by atoms with Gasteiger partial charge in [0.05, 0.1) is 0 Å². The van der Waals surface area contributed by atoms with Crippen molar-refractivity contribution in [3.05, 3.63) is 47.7 Å². The average molecular weight is 419 g/mol. The average Bonchev–Trinajstić information content (AvgIpc) is 3.17. The van der Waals surface area contributed by atoms with Gasteiger partial charge < -0.3 is 10.2 Å². The number of rotatable bonds is 4. The molecule has 1 saturated heterocycles. The summed E-state index contributed by atoms with van der Waals surface area (Å²) in [6.45, 7) is 3.15. The number of carbonyl (C=O) groups excluding carboxylic acids is 1. The Morgan fingerprint density at radius 2 is 2.03 bits per heavy atom. The normalized spacial score (nSPS) is 15.5. The highest BCUT2D eigenvalue weighted by Gasteiger charge is 2.37. The summed E-state index contributed by atoms with van der Waals surface area (Å²) in [7, 11) is 0. The van der Waals surface area contributed by atoms with E-state index in [0.29, 0.717) is 44.0 Å². The molecular formula is C19H20F3N7O. The van der Waals surface area contributed by atoms with E-state index < -0.39 is 12.0 Å². The lowest BCUT2D eigenvalue weighted by atomic mass is 9.96. The molecule has 4 heterocycles. The number of halogens is 3. The van der Waals surface area contributed by atoms with Crippen LogP contribution < -0.4 is 10.2 Å². The zero-order chi connectivity index (χ0) is 21.3. The molecule has 0 bridgehead atoms. The first-order valence-corrected chi connectivity index (χ1v) is 9.54. The van der Waals surface area contributed by atoms with Crippen LogP contribution in [0.2, 0.25) is 0 Å². The van der Waals surface area contributed by atoms with E-state index >= 15 is 0 Å². The number of pyridine rings is 1. The van der Waals surface area contributed by atoms with E-state index in [9.17, 15) is 18.0 Å². The van der Waals surface area contributed by atoms with Crippen LogP contribution in [-0.4, -0.2) is 43.6 Å². The summed E-state index contributed by atoms with van der Waals surface area (Å²) in [6.07, 6.45) is -0.0950. The van der Waals surface area contributed by atoms with Gasteiger partial charge in [0, 0.05) is 49.7 Å². The second kappa shape index (κ2) is 7.88. The first-order chi connectivity index (χ1) is 14.3. The molecule has 3 aromatic rings. The molecule has 4 rings (SSSR count). The van der Waals surface area contributed by atoms with Crippen LogP contribution in [0, 0.1) is 12.8 Å². The summed E-state index contributed by atoms with van der Waals surface area (Å²) in [4.78, 5) is 26.0. The topological polar surface area (TPSA) is 88.3 Å². The molecule has 8 nitrogen and oxygen atoms in total. The Bertz CT molecular complexity index is 1040. The van der Waals surface area contributed by atoms with Crippen LogP contribution >= 0.6 is 0 Å². The smallest absolute Gasteiger partial charge is 0.356 e. The largest absolute Gasteiger partial charge is 0.453 e. The van der Waals surface area contributed by atoms with Gasteiger partial charge in [-0.05, 0) is 31.4 Å². The van der Waals surface area contributed by atoms with Crippen LogP contribution in [0.4, 0.5) is 19.0 Å². The van der Waals surface area contributed by atoms with Gasteiger partial charge in [0.15, 0.2) is 0 Å². The van der Waals surface area contributed by atoms with Crippen molar-refractivity contribution in [1.82, 2.24) is 29.9 Å². The molecule has 3 aromatic heterocycles. The Kier molecular flexibility index (Phi) is 5.27. The van der Waals surface area contributed by atoms with Crippen molar-refractivity contribution in [3.8, 4) is 0 Å². The fraction of sp³-hybridized carbons (Fsp3) is 0.421. The van der Waals surface area contributed by atoms with Gasteiger partial charge in [-0.25, -0.2) is 4.98 Å². The second-order valence-electron chi connectivity index (χ2n) is 7.24. The summed E-state index contributed by atoms with van der Waals surface area (Å²) in [5.41, 5.74) is 1.47. The predicted octanol–water partition coefficient (Wildman–Crippen LogP) is 2.38. The lowest BCUT2D eigenvalue weighted by Crippen LogP contribution is -2.41. The van der Waals surface area contributed by atoms with Gasteiger partial charge in [-0.3, -0.25) is 9.78 Å². The maximum absolute atomic E-state index is 13.0. The lowest BCUT2D eigenvalue weighted by molar-refractivity contribution is -0.144. The van der Waals surface area contributed by atoms with Crippen LogP contribution in [0.1, 0.15) is 29.9 Å². The minimum atomic E-state index is -4.64. The van der Waals surface area contributed by atoms with Crippen LogP contribution in [-0.2, 0) is 17.5 Å². The summed E-state index contributed by atoms with van der Waals surface area (Å²) < 4.78 is 40.1. The van der Waals surface area contributed by atoms with Crippen molar-refractivity contribution in [2.24, 2.45) is 5.92 Å². The Hall–Kier alpha value is -3.24. The SMILES string of the molecule is Cc1cc(N2CCC(C(=O)NCc3cccnc3)CC2)n2nc(C(F)(F)F)nc2n1. The number of amides is 1. The second-order valence-corrected chi connectivity index (χ2v) is 7.24. The molecule has 0 spiro atoms. The van der Waals surface area contributed by atoms with Gasteiger partial charge in [-0.2, -0.15) is 22.7 Å². The molecule has 0 saturated carbocycles. The van der Waals surface area contributed by atoms with Crippen molar-refractivity contribution >= 4 is 17.5 Å². The molecule has 0 atom stereocenters. The van der Waals surface area contributed by atoms with Crippen molar-refractivity contribution in [3.63, 3.8) is 0 Å². The molecule has 30 heavy (non-hydrogen) atoms. The van der Waals surface area contributed by atoms with Gasteiger partial charge in [0.1, 0.15) is 5.82 Å². The molecular weight excluding hydrogens is 399 g/mol. The lowest BCUT2D eigenvalue weighted by Gasteiger charge is -2.32. The molecule has 0 radical (unpaired) electrons. The summed E-state index contributed by atoms with van der Waals surface area (Å²) in [5.74, 6) is -0.998. The molecule has 0 aliphatic carbocycles. The highest BCUT2D eigenvalue weighted by atomic mass is 19.4. The number of carbonyl (C=O) groups is 1. The van der Waals surface area contributed by atoms with E-state index in [-0.39, 0.29) is 17.6 Å². The number of hydrogen-bond donors (Lipinski definition) is 1. The van der Waals surface area contributed by atoms with Gasteiger partial charge in [-0.1, -0.05) is 6.07 Å². The third-order valence-corrected chi connectivity index (χ3v) is 5.05. The Balaban J connectivity index is 1.44. The number of alkyl halides is 3. The Morgan fingerprint density at radius 3 is 2.70 bits per heavy atom. The molecule has 1 fully saturated rings. The highest BCUT2D eigenvalue weighted by Crippen LogP contribution is 2.29. The maximum Gasteiger partial charge on any atom is 0.453 e. The third-order valence-electron chi connectivity index (χ3n) is 5.05. The molecule has 1 amide bonds. The fourth-order valence-corrected chi connectivity index (χ4v) is 3.52. The van der Waals surface area contributed by atoms with E-state index in [1.807, 2.05) is 17.0 Å². The van der Waals surface area contributed by atoms with Gasteiger partial charge in [-0.15, -0.1) is 5.10 Å². The maximum atomic E-state index is 13.0. The number of aryl methyl sites for hydroxylation is 1. The molecule has 1 aliphatic rings. The predicted molar refractivity (Wildman–Crippen MR) is 102 cm³/mol. The van der Waals surface area contributed by atoms with Gasteiger partial charge in [0.2, 0.25) is 5.91 Å². The van der Waals surface area contributed by atoms with Crippen molar-refractivity contribution in [2.75, 3.05) is 18.0 Å². The number of nitrogens with zero attached hydrogens (tertiary/aromatic N) is 6. The summed E-state index contributed by atoms with van der Waals surface area (Å²) in [5, 5.41) is 6.53. The van der Waals surface area contributed by atoms with E-state index in [1.54, 1.807) is 25.4 Å². The van der Waals surface area contributed by atoms with E-state index in [1.165, 1.54) is 0 Å². The minimum absolute atomic E-state index is 0.0327. The number of piperidine rings is 1. The molecule has 0 unspecified atom stereocenters. The number of fused-ring (bicyclic) bond motifs is 1. The molecule has 158 valence electrons. The van der Waals surface area contributed by atoms with Crippen LogP contribution in [0.25, 0.3) is 5.78 Å². The van der Waals surface area contributed by atoms with Crippen molar-refractivity contribution in [2.45, 2.75) is 32.5 Å². The number of hydrogen-bond acceptors (Lipinski definition) is 6. The monoisotopic (exact) mass is 419 g/mol. The van der Waals surface area contributed by atoms with E-state index in [0.717, 1.165) is 10.1 Å². The Morgan fingerprint density at radius 1 is 1.27 bits per heavy atom. The zero-order valence-corrected chi connectivity index (χ0v) is 16.2. The molecule has 11 heteroatoms. The van der Waals surface area contributed by atoms with Crippen LogP contribution in [0.15, 0.2) is 30.6 Å². The van der Waals surface area contributed by atoms with Crippen LogP contribution in [0.3, 0.4) is 0 Å².